The molecule has 2 aromatic carbocycles. The Bertz CT molecular complexity index is 1210. The second-order valence-corrected chi connectivity index (χ2v) is 7.16. The maximum atomic E-state index is 12.7. The van der Waals surface area contributed by atoms with E-state index in [9.17, 15) is 14.7 Å². The zero-order valence-corrected chi connectivity index (χ0v) is 17.3. The number of ether oxygens (including phenoxy) is 3. The number of nitrogens with one attached hydrogen (secondary N) is 1. The Hall–Kier alpha value is -4.05. The van der Waals surface area contributed by atoms with E-state index < -0.39 is 18.0 Å². The van der Waals surface area contributed by atoms with Gasteiger partial charge in [0.2, 0.25) is 0 Å². The number of rotatable bonds is 6. The second-order valence-electron chi connectivity index (χ2n) is 7.16. The van der Waals surface area contributed by atoms with Gasteiger partial charge in [0.15, 0.2) is 11.5 Å². The number of aromatic nitrogens is 1. The van der Waals surface area contributed by atoms with Gasteiger partial charge < -0.3 is 36.1 Å². The number of fused-ring (bicyclic) bond motifs is 2. The molecule has 0 fully saturated rings. The molecule has 0 saturated carbocycles. The fourth-order valence-electron chi connectivity index (χ4n) is 3.55. The topological polar surface area (TPSA) is 159 Å². The van der Waals surface area contributed by atoms with Gasteiger partial charge in [0.1, 0.15) is 37.3 Å². The Morgan fingerprint density at radius 1 is 1.22 bits per heavy atom. The van der Waals surface area contributed by atoms with Gasteiger partial charge in [0.05, 0.1) is 27.8 Å². The number of benzene rings is 2. The highest BCUT2D eigenvalue weighted by atomic mass is 16.6. The zero-order valence-electron chi connectivity index (χ0n) is 17.3. The van der Waals surface area contributed by atoms with Crippen molar-refractivity contribution in [2.24, 2.45) is 5.73 Å². The van der Waals surface area contributed by atoms with Gasteiger partial charge in [-0.15, -0.1) is 0 Å². The van der Waals surface area contributed by atoms with Crippen molar-refractivity contribution < 1.29 is 28.9 Å². The van der Waals surface area contributed by atoms with E-state index in [1.54, 1.807) is 43.3 Å². The molecule has 6 N–H and O–H groups in total. The average Bonchev–Trinajstić information content (AvgIpc) is 2.76. The van der Waals surface area contributed by atoms with Crippen molar-refractivity contribution in [1.29, 1.82) is 0 Å². The van der Waals surface area contributed by atoms with Crippen molar-refractivity contribution in [2.45, 2.75) is 13.1 Å². The van der Waals surface area contributed by atoms with Crippen LogP contribution >= 0.6 is 0 Å². The van der Waals surface area contributed by atoms with Crippen LogP contribution in [0.1, 0.15) is 26.4 Å². The minimum atomic E-state index is -1.18. The molecule has 1 amide bonds. The fraction of sp³-hybridized carbons (Fsp3) is 0.227. The lowest BCUT2D eigenvalue weighted by atomic mass is 10.1. The number of nitrogens with two attached hydrogens (primary N) is 2. The summed E-state index contributed by atoms with van der Waals surface area (Å²) in [6.07, 6.45) is -0.864. The van der Waals surface area contributed by atoms with Gasteiger partial charge in [-0.2, -0.15) is 0 Å². The van der Waals surface area contributed by atoms with Crippen LogP contribution < -0.4 is 31.0 Å². The van der Waals surface area contributed by atoms with E-state index in [4.69, 9.17) is 25.7 Å². The largest absolute Gasteiger partial charge is 0.489 e. The van der Waals surface area contributed by atoms with Gasteiger partial charge >= 0.3 is 5.97 Å². The first-order chi connectivity index (χ1) is 15.4. The minimum Gasteiger partial charge on any atom is -0.489 e. The third kappa shape index (κ3) is 3.95. The summed E-state index contributed by atoms with van der Waals surface area (Å²) in [5.41, 5.74) is 13.3. The molecule has 1 aromatic heterocycles. The van der Waals surface area contributed by atoms with Crippen LogP contribution in [0.5, 0.6) is 17.2 Å². The van der Waals surface area contributed by atoms with Crippen molar-refractivity contribution in [1.82, 2.24) is 10.3 Å². The van der Waals surface area contributed by atoms with Crippen molar-refractivity contribution in [3.8, 4) is 17.2 Å². The number of carboxylic acids is 1. The number of carbonyl (C=O) groups is 2. The van der Waals surface area contributed by atoms with Crippen molar-refractivity contribution >= 4 is 28.5 Å². The number of nitrogen functional groups attached to an aromatic ring is 1. The molecule has 3 aromatic rings. The number of anilines is 1. The maximum Gasteiger partial charge on any atom is 0.339 e. The van der Waals surface area contributed by atoms with Crippen LogP contribution in [0.4, 0.5) is 5.69 Å². The average molecular weight is 438 g/mol. The number of carboxylic acid groups (broad SMARTS) is 1. The van der Waals surface area contributed by atoms with Crippen LogP contribution in [0.25, 0.3) is 10.9 Å². The van der Waals surface area contributed by atoms with Crippen LogP contribution in [0, 0.1) is 6.92 Å². The summed E-state index contributed by atoms with van der Waals surface area (Å²) in [6.45, 7) is 2.25. The third-order valence-corrected chi connectivity index (χ3v) is 4.95. The number of pyridine rings is 1. The standard InChI is InChI=1S/C22H22N4O6/c1-11-17(22(28)29)19(24)18-13(25-11)5-3-6-14(18)32-10-16(23)26-21(27)12-4-2-7-15-20(12)31-9-8-30-15/h2-7,16H,8-10,23H2,1H3,(H2,24,25)(H,26,27)(H,28,29)/t16-/m1/s1. The van der Waals surface area contributed by atoms with Gasteiger partial charge in [-0.25, -0.2) is 4.79 Å². The van der Waals surface area contributed by atoms with Crippen LogP contribution in [0.2, 0.25) is 0 Å². The molecule has 1 aliphatic rings. The molecular weight excluding hydrogens is 416 g/mol. The fourth-order valence-corrected chi connectivity index (χ4v) is 3.55. The number of amides is 1. The van der Waals surface area contributed by atoms with Gasteiger partial charge in [0, 0.05) is 0 Å². The van der Waals surface area contributed by atoms with Gasteiger partial charge in [0.25, 0.3) is 5.91 Å². The second kappa shape index (κ2) is 8.60. The minimum absolute atomic E-state index is 0.0567. The lowest BCUT2D eigenvalue weighted by molar-refractivity contribution is 0.0696. The Labute approximate surface area is 183 Å². The Morgan fingerprint density at radius 2 is 1.97 bits per heavy atom. The first-order valence-electron chi connectivity index (χ1n) is 9.86. The van der Waals surface area contributed by atoms with Gasteiger partial charge in [-0.1, -0.05) is 12.1 Å². The number of nitrogens with zero attached hydrogens (tertiary/aromatic N) is 1. The highest BCUT2D eigenvalue weighted by molar-refractivity contribution is 6.06. The maximum absolute atomic E-state index is 12.7. The van der Waals surface area contributed by atoms with Crippen LogP contribution in [-0.4, -0.2) is 48.0 Å². The van der Waals surface area contributed by atoms with Crippen molar-refractivity contribution in [3.63, 3.8) is 0 Å². The quantitative estimate of drug-likeness (QED) is 0.420. The molecule has 0 aliphatic carbocycles. The summed E-state index contributed by atoms with van der Waals surface area (Å²) < 4.78 is 16.8. The first-order valence-corrected chi connectivity index (χ1v) is 9.86. The molecule has 0 saturated heterocycles. The molecule has 0 radical (unpaired) electrons. The molecule has 2 heterocycles. The van der Waals surface area contributed by atoms with E-state index >= 15 is 0 Å². The molecule has 0 spiro atoms. The predicted molar refractivity (Wildman–Crippen MR) is 116 cm³/mol. The summed E-state index contributed by atoms with van der Waals surface area (Å²) in [4.78, 5) is 28.6. The number of aryl methyl sites for hydroxylation is 1. The number of aromatic carboxylic acids is 1. The highest BCUT2D eigenvalue weighted by Crippen LogP contribution is 2.34. The van der Waals surface area contributed by atoms with Crippen LogP contribution in [-0.2, 0) is 0 Å². The Balaban J connectivity index is 1.51. The molecule has 1 atom stereocenters. The van der Waals surface area contributed by atoms with Crippen LogP contribution in [0.3, 0.4) is 0 Å². The molecule has 32 heavy (non-hydrogen) atoms. The van der Waals surface area contributed by atoms with E-state index in [1.165, 1.54) is 0 Å². The lowest BCUT2D eigenvalue weighted by Crippen LogP contribution is -2.45. The molecule has 1 aliphatic heterocycles. The third-order valence-electron chi connectivity index (χ3n) is 4.95. The molecule has 10 nitrogen and oxygen atoms in total. The summed E-state index contributed by atoms with van der Waals surface area (Å²) in [6, 6.07) is 10.1. The smallest absolute Gasteiger partial charge is 0.339 e. The number of carbonyl (C=O) groups excluding carboxylic acids is 1. The van der Waals surface area contributed by atoms with Gasteiger partial charge in [-0.3, -0.25) is 9.78 Å². The summed E-state index contributed by atoms with van der Waals surface area (Å²) in [5.74, 6) is -0.434. The molecule has 0 bridgehead atoms. The zero-order chi connectivity index (χ0) is 22.8. The monoisotopic (exact) mass is 438 g/mol. The highest BCUT2D eigenvalue weighted by Gasteiger charge is 2.22. The van der Waals surface area contributed by atoms with Crippen molar-refractivity contribution in [3.05, 3.63) is 53.2 Å². The molecule has 4 rings (SSSR count). The molecule has 10 heteroatoms. The predicted octanol–water partition coefficient (Wildman–Crippen LogP) is 1.69. The lowest BCUT2D eigenvalue weighted by Gasteiger charge is -2.22. The van der Waals surface area contributed by atoms with Gasteiger partial charge in [-0.05, 0) is 31.2 Å². The van der Waals surface area contributed by atoms with E-state index in [1.807, 2.05) is 0 Å². The summed E-state index contributed by atoms with van der Waals surface area (Å²) in [7, 11) is 0. The molecule has 166 valence electrons. The number of hydrogen-bond donors (Lipinski definition) is 4. The molecule has 0 unspecified atom stereocenters. The van der Waals surface area contributed by atoms with E-state index in [0.717, 1.165) is 0 Å². The normalized spacial score (nSPS) is 13.4. The van der Waals surface area contributed by atoms with E-state index in [0.29, 0.717) is 52.6 Å². The molecular formula is C22H22N4O6. The summed E-state index contributed by atoms with van der Waals surface area (Å²) >= 11 is 0. The van der Waals surface area contributed by atoms with E-state index in [2.05, 4.69) is 10.3 Å². The van der Waals surface area contributed by atoms with E-state index in [-0.39, 0.29) is 17.9 Å². The Morgan fingerprint density at radius 3 is 2.75 bits per heavy atom. The number of hydrogen-bond acceptors (Lipinski definition) is 8. The summed E-state index contributed by atoms with van der Waals surface area (Å²) in [5, 5.41) is 12.5. The SMILES string of the molecule is Cc1nc2cccc(OC[C@H](N)NC(=O)c3cccc4c3OCCO4)c2c(N)c1C(=O)O. The first kappa shape index (κ1) is 21.2. The Kier molecular flexibility index (Phi) is 5.69. The van der Waals surface area contributed by atoms with Crippen LogP contribution in [0.15, 0.2) is 36.4 Å². The van der Waals surface area contributed by atoms with Crippen molar-refractivity contribution in [2.75, 3.05) is 25.6 Å². The number of para-hydroxylation sites is 1.